The first-order valence-corrected chi connectivity index (χ1v) is 9.02. The molecule has 0 saturated carbocycles. The third kappa shape index (κ3) is 4.30. The minimum atomic E-state index is -0.673. The first-order valence-electron chi connectivity index (χ1n) is 7.89. The molecule has 1 aromatic heterocycles. The summed E-state index contributed by atoms with van der Waals surface area (Å²) in [4.78, 5) is 34.2. The second-order valence-electron chi connectivity index (χ2n) is 5.70. The third-order valence-corrected chi connectivity index (χ3v) is 4.58. The summed E-state index contributed by atoms with van der Waals surface area (Å²) in [6.07, 6.45) is 0.231. The van der Waals surface area contributed by atoms with Crippen LogP contribution < -0.4 is 10.5 Å². The summed E-state index contributed by atoms with van der Waals surface area (Å²) in [6.45, 7) is 0.154. The number of esters is 1. The normalized spacial score (nSPS) is 11.0. The molecule has 3 rings (SSSR count). The Hall–Kier alpha value is -2.55. The van der Waals surface area contributed by atoms with Crippen LogP contribution in [-0.4, -0.2) is 15.5 Å². The monoisotopic (exact) mass is 444 g/mol. The van der Waals surface area contributed by atoms with Gasteiger partial charge >= 0.3 is 11.7 Å². The van der Waals surface area contributed by atoms with Crippen molar-refractivity contribution >= 4 is 57.6 Å². The Bertz CT molecular complexity index is 1110. The van der Waals surface area contributed by atoms with Crippen LogP contribution in [0.2, 0.25) is 15.1 Å². The van der Waals surface area contributed by atoms with Gasteiger partial charge in [-0.25, -0.2) is 4.79 Å². The summed E-state index contributed by atoms with van der Waals surface area (Å²) in [5.41, 5.74) is 0.308. The fourth-order valence-electron chi connectivity index (χ4n) is 2.55. The Balaban J connectivity index is 1.67. The van der Waals surface area contributed by atoms with Gasteiger partial charge < -0.3 is 9.15 Å². The van der Waals surface area contributed by atoms with E-state index in [2.05, 4.69) is 0 Å². The quantitative estimate of drug-likeness (QED) is 0.232. The van der Waals surface area contributed by atoms with Crippen molar-refractivity contribution in [2.24, 2.45) is 0 Å². The van der Waals surface area contributed by atoms with Gasteiger partial charge in [0, 0.05) is 24.1 Å². The van der Waals surface area contributed by atoms with Gasteiger partial charge in [-0.1, -0.05) is 34.8 Å². The lowest BCUT2D eigenvalue weighted by Crippen LogP contribution is -2.16. The smallest absolute Gasteiger partial charge is 0.419 e. The summed E-state index contributed by atoms with van der Waals surface area (Å²) < 4.78 is 11.5. The van der Waals surface area contributed by atoms with Crippen molar-refractivity contribution in [2.45, 2.75) is 19.4 Å². The highest BCUT2D eigenvalue weighted by Crippen LogP contribution is 2.36. The maximum atomic E-state index is 12.0. The second kappa shape index (κ2) is 8.22. The van der Waals surface area contributed by atoms with E-state index in [-0.39, 0.29) is 46.5 Å². The fourth-order valence-corrected chi connectivity index (χ4v) is 3.45. The molecule has 0 aliphatic carbocycles. The number of carbonyl (C=O) groups excluding carboxylic acids is 1. The summed E-state index contributed by atoms with van der Waals surface area (Å²) in [7, 11) is 0. The molecule has 0 atom stereocenters. The number of fused-ring (bicyclic) bond motifs is 1. The Labute approximate surface area is 172 Å². The topological polar surface area (TPSA) is 105 Å². The second-order valence-corrected chi connectivity index (χ2v) is 6.96. The van der Waals surface area contributed by atoms with Crippen LogP contribution in [-0.2, 0) is 11.3 Å². The van der Waals surface area contributed by atoms with Crippen LogP contribution in [0.1, 0.15) is 12.8 Å². The average Bonchev–Trinajstić information content (AvgIpc) is 2.92. The molecule has 0 fully saturated rings. The van der Waals surface area contributed by atoms with E-state index in [0.717, 1.165) is 0 Å². The number of nitrogens with zero attached hydrogens (tertiary/aromatic N) is 2. The van der Waals surface area contributed by atoms with E-state index >= 15 is 0 Å². The Morgan fingerprint density at radius 2 is 1.86 bits per heavy atom. The zero-order valence-electron chi connectivity index (χ0n) is 14.0. The summed E-state index contributed by atoms with van der Waals surface area (Å²) in [6, 6.07) is 6.66. The van der Waals surface area contributed by atoms with E-state index < -0.39 is 16.6 Å². The molecule has 0 bridgehead atoms. The molecule has 0 aliphatic rings. The molecule has 0 radical (unpaired) electrons. The zero-order chi connectivity index (χ0) is 20.4. The van der Waals surface area contributed by atoms with Gasteiger partial charge in [0.2, 0.25) is 0 Å². The lowest BCUT2D eigenvalue weighted by atomic mass is 10.2. The van der Waals surface area contributed by atoms with Crippen LogP contribution in [0.3, 0.4) is 0 Å². The first-order chi connectivity index (χ1) is 13.3. The van der Waals surface area contributed by atoms with Gasteiger partial charge in [-0.3, -0.25) is 19.5 Å². The number of halogens is 3. The molecule has 3 aromatic rings. The van der Waals surface area contributed by atoms with Crippen LogP contribution in [0.25, 0.3) is 11.1 Å². The van der Waals surface area contributed by atoms with Crippen molar-refractivity contribution < 1.29 is 18.9 Å². The van der Waals surface area contributed by atoms with Crippen molar-refractivity contribution in [1.29, 1.82) is 0 Å². The molecule has 146 valence electrons. The Kier molecular flexibility index (Phi) is 5.93. The number of hydrogen-bond acceptors (Lipinski definition) is 6. The van der Waals surface area contributed by atoms with Crippen LogP contribution >= 0.6 is 34.8 Å². The molecule has 8 nitrogen and oxygen atoms in total. The van der Waals surface area contributed by atoms with Crippen LogP contribution in [0.4, 0.5) is 5.69 Å². The van der Waals surface area contributed by atoms with Gasteiger partial charge in [-0.2, -0.15) is 0 Å². The number of nitro benzene ring substituents is 1. The number of oxazole rings is 1. The molecule has 28 heavy (non-hydrogen) atoms. The number of ether oxygens (including phenoxy) is 1. The number of hydrogen-bond donors (Lipinski definition) is 0. The number of aromatic nitrogens is 1. The molecule has 0 saturated heterocycles. The van der Waals surface area contributed by atoms with Gasteiger partial charge in [-0.05, 0) is 24.6 Å². The van der Waals surface area contributed by atoms with Gasteiger partial charge in [0.15, 0.2) is 11.3 Å². The van der Waals surface area contributed by atoms with E-state index in [1.807, 2.05) is 0 Å². The lowest BCUT2D eigenvalue weighted by molar-refractivity contribution is -0.384. The number of non-ortho nitro benzene ring substituents is 1. The van der Waals surface area contributed by atoms with E-state index in [9.17, 15) is 19.7 Å². The number of benzene rings is 2. The molecule has 0 N–H and O–H groups in total. The lowest BCUT2D eigenvalue weighted by Gasteiger charge is -2.09. The maximum Gasteiger partial charge on any atom is 0.419 e. The van der Waals surface area contributed by atoms with Gasteiger partial charge in [0.1, 0.15) is 0 Å². The van der Waals surface area contributed by atoms with Crippen molar-refractivity contribution in [3.63, 3.8) is 0 Å². The minimum Gasteiger partial charge on any atom is -0.423 e. The fraction of sp³-hybridized carbons (Fsp3) is 0.176. The van der Waals surface area contributed by atoms with Crippen molar-refractivity contribution in [2.75, 3.05) is 0 Å². The van der Waals surface area contributed by atoms with Gasteiger partial charge in [-0.15, -0.1) is 0 Å². The third-order valence-electron chi connectivity index (χ3n) is 3.80. The van der Waals surface area contributed by atoms with E-state index in [4.69, 9.17) is 44.0 Å². The van der Waals surface area contributed by atoms with Crippen LogP contribution in [0.15, 0.2) is 39.5 Å². The minimum absolute atomic E-state index is 0.0102. The van der Waals surface area contributed by atoms with E-state index in [1.165, 1.54) is 34.9 Å². The van der Waals surface area contributed by atoms with Crippen molar-refractivity contribution in [3.05, 3.63) is 66.1 Å². The van der Waals surface area contributed by atoms with Crippen molar-refractivity contribution in [3.8, 4) is 5.75 Å². The molecule has 1 heterocycles. The zero-order valence-corrected chi connectivity index (χ0v) is 16.3. The van der Waals surface area contributed by atoms with Gasteiger partial charge in [0.25, 0.3) is 5.69 Å². The first kappa shape index (κ1) is 20.2. The van der Waals surface area contributed by atoms with Crippen molar-refractivity contribution in [1.82, 2.24) is 4.57 Å². The highest BCUT2D eigenvalue weighted by atomic mass is 35.5. The summed E-state index contributed by atoms with van der Waals surface area (Å²) >= 11 is 17.7. The summed E-state index contributed by atoms with van der Waals surface area (Å²) in [5, 5.41) is 11.3. The highest BCUT2D eigenvalue weighted by molar-refractivity contribution is 6.40. The molecule has 0 spiro atoms. The number of nitro groups is 1. The molecular weight excluding hydrogens is 435 g/mol. The number of aryl methyl sites for hydroxylation is 1. The molecule has 0 amide bonds. The number of carbonyl (C=O) groups is 1. The largest absolute Gasteiger partial charge is 0.423 e. The van der Waals surface area contributed by atoms with E-state index in [0.29, 0.717) is 10.5 Å². The molecule has 0 unspecified atom stereocenters. The molecule has 2 aromatic carbocycles. The predicted octanol–water partition coefficient (Wildman–Crippen LogP) is 4.85. The molecule has 11 heteroatoms. The SMILES string of the molecule is O=C(CCCn1c(=O)oc2cc([N+](=O)[O-])ccc21)Oc1c(Cl)cc(Cl)cc1Cl. The van der Waals surface area contributed by atoms with Crippen LogP contribution in [0.5, 0.6) is 5.75 Å². The summed E-state index contributed by atoms with van der Waals surface area (Å²) in [5.74, 6) is -1.26. The maximum absolute atomic E-state index is 12.0. The average molecular weight is 446 g/mol. The number of rotatable bonds is 6. The predicted molar refractivity (Wildman–Crippen MR) is 103 cm³/mol. The molecule has 0 aliphatic heterocycles. The Morgan fingerprint density at radius 3 is 2.50 bits per heavy atom. The Morgan fingerprint density at radius 1 is 1.18 bits per heavy atom. The van der Waals surface area contributed by atoms with Crippen LogP contribution in [0, 0.1) is 10.1 Å². The standard InChI is InChI=1S/C17H11Cl3N2O6/c18-9-6-11(19)16(12(20)7-9)28-15(23)2-1-5-21-13-4-3-10(22(25)26)8-14(13)27-17(21)24/h3-4,6-8H,1-2,5H2. The van der Waals surface area contributed by atoms with Gasteiger partial charge in [0.05, 0.1) is 26.6 Å². The van der Waals surface area contributed by atoms with E-state index in [1.54, 1.807) is 0 Å². The highest BCUT2D eigenvalue weighted by Gasteiger charge is 2.16. The molecular formula is C17H11Cl3N2O6.